The summed E-state index contributed by atoms with van der Waals surface area (Å²) < 4.78 is 7.55. The average molecular weight is 518 g/mol. The Morgan fingerprint density at radius 3 is 2.29 bits per heavy atom. The van der Waals surface area contributed by atoms with Crippen LogP contribution in [-0.2, 0) is 29.2 Å². The number of hydrogen-bond acceptors (Lipinski definition) is 3. The first-order chi connectivity index (χ1) is 18.2. The van der Waals surface area contributed by atoms with Gasteiger partial charge in [0, 0.05) is 36.9 Å². The second-order valence-electron chi connectivity index (χ2n) is 10.9. The number of hydrogen-bond donors (Lipinski definition) is 0. The summed E-state index contributed by atoms with van der Waals surface area (Å²) in [7, 11) is 1.67. The van der Waals surface area contributed by atoms with Gasteiger partial charge in [-0.3, -0.25) is 9.59 Å². The zero-order valence-electron chi connectivity index (χ0n) is 23.7. The molecule has 2 aromatic carbocycles. The Kier molecular flexibility index (Phi) is 10.6. The van der Waals surface area contributed by atoms with Crippen LogP contribution in [-0.4, -0.2) is 46.4 Å². The second-order valence-corrected chi connectivity index (χ2v) is 10.9. The van der Waals surface area contributed by atoms with E-state index in [4.69, 9.17) is 4.74 Å². The summed E-state index contributed by atoms with van der Waals surface area (Å²) in [5.41, 5.74) is 2.69. The number of rotatable bonds is 13. The molecule has 0 fully saturated rings. The fraction of sp³-hybridized carbons (Fsp3) is 0.438. The highest BCUT2D eigenvalue weighted by molar-refractivity contribution is 5.87. The molecule has 0 unspecified atom stereocenters. The van der Waals surface area contributed by atoms with Gasteiger partial charge in [-0.15, -0.1) is 0 Å². The molecule has 6 heteroatoms. The van der Waals surface area contributed by atoms with Crippen LogP contribution in [0.4, 0.5) is 0 Å². The molecule has 6 nitrogen and oxygen atoms in total. The number of benzene rings is 2. The average Bonchev–Trinajstić information content (AvgIpc) is 3.33. The van der Waals surface area contributed by atoms with Gasteiger partial charge in [-0.05, 0) is 41.8 Å². The number of nitrogens with zero attached hydrogens (tertiary/aromatic N) is 3. The molecule has 3 aromatic rings. The van der Waals surface area contributed by atoms with E-state index in [1.807, 2.05) is 86.5 Å². The molecule has 38 heavy (non-hydrogen) atoms. The van der Waals surface area contributed by atoms with Crippen LogP contribution in [0.25, 0.3) is 0 Å². The first-order valence-electron chi connectivity index (χ1n) is 13.6. The van der Waals surface area contributed by atoms with Crippen LogP contribution in [0, 0.1) is 5.41 Å². The lowest BCUT2D eigenvalue weighted by Gasteiger charge is -2.32. The van der Waals surface area contributed by atoms with Crippen molar-refractivity contribution in [3.8, 4) is 5.75 Å². The fourth-order valence-electron chi connectivity index (χ4n) is 4.49. The first kappa shape index (κ1) is 29.0. The molecule has 1 heterocycles. The van der Waals surface area contributed by atoms with E-state index in [-0.39, 0.29) is 18.4 Å². The van der Waals surface area contributed by atoms with Crippen LogP contribution in [0.1, 0.15) is 63.8 Å². The molecule has 0 spiro atoms. The number of carbonyl (C=O) groups is 2. The maximum absolute atomic E-state index is 13.8. The van der Waals surface area contributed by atoms with E-state index in [0.29, 0.717) is 26.2 Å². The lowest BCUT2D eigenvalue weighted by molar-refractivity contribution is -0.146. The van der Waals surface area contributed by atoms with Gasteiger partial charge in [0.1, 0.15) is 5.75 Å². The minimum absolute atomic E-state index is 0.0167. The number of aromatic nitrogens is 1. The van der Waals surface area contributed by atoms with Gasteiger partial charge in [0.2, 0.25) is 11.8 Å². The van der Waals surface area contributed by atoms with E-state index < -0.39 is 5.41 Å². The van der Waals surface area contributed by atoms with Gasteiger partial charge in [-0.25, -0.2) is 0 Å². The zero-order chi connectivity index (χ0) is 27.5. The molecule has 1 aromatic heterocycles. The van der Waals surface area contributed by atoms with E-state index in [9.17, 15) is 9.59 Å². The Morgan fingerprint density at radius 2 is 1.61 bits per heavy atom. The molecule has 0 saturated carbocycles. The van der Waals surface area contributed by atoms with Crippen molar-refractivity contribution in [2.24, 2.45) is 5.41 Å². The van der Waals surface area contributed by atoms with Crippen molar-refractivity contribution in [3.05, 3.63) is 89.7 Å². The second kappa shape index (κ2) is 13.8. The highest BCUT2D eigenvalue weighted by Crippen LogP contribution is 2.20. The summed E-state index contributed by atoms with van der Waals surface area (Å²) in [4.78, 5) is 30.7. The minimum Gasteiger partial charge on any atom is -0.497 e. The number of carbonyl (C=O) groups excluding carboxylic acids is 2. The van der Waals surface area contributed by atoms with Gasteiger partial charge in [0.25, 0.3) is 0 Å². The smallest absolute Gasteiger partial charge is 0.242 e. The van der Waals surface area contributed by atoms with E-state index in [2.05, 4.69) is 23.6 Å². The Hall–Kier alpha value is -3.54. The van der Waals surface area contributed by atoms with E-state index in [0.717, 1.165) is 41.8 Å². The zero-order valence-corrected chi connectivity index (χ0v) is 23.7. The molecule has 0 aliphatic heterocycles. The quantitative estimate of drug-likeness (QED) is 0.256. The van der Waals surface area contributed by atoms with E-state index in [1.165, 1.54) is 0 Å². The normalized spacial score (nSPS) is 11.3. The predicted molar refractivity (Wildman–Crippen MR) is 153 cm³/mol. The van der Waals surface area contributed by atoms with Crippen LogP contribution in [0.2, 0.25) is 0 Å². The Morgan fingerprint density at radius 1 is 0.868 bits per heavy atom. The largest absolute Gasteiger partial charge is 0.497 e. The Bertz CT molecular complexity index is 1160. The first-order valence-corrected chi connectivity index (χ1v) is 13.6. The van der Waals surface area contributed by atoms with E-state index in [1.54, 1.807) is 12.0 Å². The van der Waals surface area contributed by atoms with Crippen LogP contribution >= 0.6 is 0 Å². The Balaban J connectivity index is 1.83. The maximum atomic E-state index is 13.8. The molecule has 0 aliphatic rings. The van der Waals surface area contributed by atoms with Crippen molar-refractivity contribution in [1.82, 2.24) is 14.4 Å². The summed E-state index contributed by atoms with van der Waals surface area (Å²) in [6, 6.07) is 22.1. The molecule has 0 radical (unpaired) electrons. The van der Waals surface area contributed by atoms with Crippen molar-refractivity contribution in [1.29, 1.82) is 0 Å². The van der Waals surface area contributed by atoms with Crippen LogP contribution in [0.5, 0.6) is 5.75 Å². The molecule has 0 bridgehead atoms. The molecule has 0 atom stereocenters. The minimum atomic E-state index is -0.539. The highest BCUT2D eigenvalue weighted by Gasteiger charge is 2.29. The van der Waals surface area contributed by atoms with Gasteiger partial charge < -0.3 is 19.1 Å². The molecule has 0 saturated heterocycles. The van der Waals surface area contributed by atoms with Gasteiger partial charge >= 0.3 is 0 Å². The molecular weight excluding hydrogens is 474 g/mol. The lowest BCUT2D eigenvalue weighted by atomic mass is 9.94. The fourth-order valence-corrected chi connectivity index (χ4v) is 4.49. The third-order valence-corrected chi connectivity index (χ3v) is 6.62. The molecular formula is C32H43N3O3. The third kappa shape index (κ3) is 8.51. The summed E-state index contributed by atoms with van der Waals surface area (Å²) in [5.74, 6) is 0.795. The van der Waals surface area contributed by atoms with Crippen molar-refractivity contribution < 1.29 is 14.3 Å². The monoisotopic (exact) mass is 517 g/mol. The Labute approximate surface area is 228 Å². The highest BCUT2D eigenvalue weighted by atomic mass is 16.5. The summed E-state index contributed by atoms with van der Waals surface area (Å²) in [6.07, 6.45) is 5.04. The molecule has 2 amide bonds. The number of methoxy groups -OCH3 is 1. The van der Waals surface area contributed by atoms with E-state index >= 15 is 0 Å². The van der Waals surface area contributed by atoms with Crippen LogP contribution < -0.4 is 4.74 Å². The molecule has 0 aliphatic carbocycles. The number of unbranched alkanes of at least 4 members (excludes halogenated alkanes) is 2. The third-order valence-electron chi connectivity index (χ3n) is 6.62. The van der Waals surface area contributed by atoms with Crippen LogP contribution in [0.3, 0.4) is 0 Å². The molecule has 3 rings (SSSR count). The standard InChI is InChI=1S/C32H43N3O3/c1-6-7-11-19-34(31(37)32(2,3)4)25-30(36)35(22-26-14-9-8-10-15-26)24-28-17-13-20-33(28)23-27-16-12-18-29(21-27)38-5/h8-10,12-18,20-21H,6-7,11,19,22-25H2,1-5H3. The SMILES string of the molecule is CCCCCN(CC(=O)N(Cc1ccccc1)Cc1cccn1Cc1cccc(OC)c1)C(=O)C(C)(C)C. The number of ether oxygens (including phenoxy) is 1. The predicted octanol–water partition coefficient (Wildman–Crippen LogP) is 6.14. The molecule has 0 N–H and O–H groups in total. The van der Waals surface area contributed by atoms with Gasteiger partial charge in [-0.2, -0.15) is 0 Å². The van der Waals surface area contributed by atoms with Crippen LogP contribution in [0.15, 0.2) is 72.9 Å². The maximum Gasteiger partial charge on any atom is 0.242 e. The summed E-state index contributed by atoms with van der Waals surface area (Å²) in [6.45, 7) is 10.2. The topological polar surface area (TPSA) is 54.8 Å². The van der Waals surface area contributed by atoms with Gasteiger partial charge in [0.15, 0.2) is 0 Å². The molecule has 204 valence electrons. The lowest BCUT2D eigenvalue weighted by Crippen LogP contribution is -2.46. The van der Waals surface area contributed by atoms with Crippen molar-refractivity contribution in [2.45, 2.75) is 66.6 Å². The summed E-state index contributed by atoms with van der Waals surface area (Å²) in [5, 5.41) is 0. The van der Waals surface area contributed by atoms with Crippen molar-refractivity contribution in [2.75, 3.05) is 20.2 Å². The van der Waals surface area contributed by atoms with Gasteiger partial charge in [-0.1, -0.05) is 83.0 Å². The number of amides is 2. The van der Waals surface area contributed by atoms with Crippen molar-refractivity contribution in [3.63, 3.8) is 0 Å². The van der Waals surface area contributed by atoms with Crippen molar-refractivity contribution >= 4 is 11.8 Å². The summed E-state index contributed by atoms with van der Waals surface area (Å²) >= 11 is 0. The van der Waals surface area contributed by atoms with Gasteiger partial charge in [0.05, 0.1) is 20.2 Å².